The summed E-state index contributed by atoms with van der Waals surface area (Å²) in [7, 11) is 0. The smallest absolute Gasteiger partial charge is 0.254 e. The van der Waals surface area contributed by atoms with Gasteiger partial charge in [0.05, 0.1) is 6.07 Å². The average molecular weight is 495 g/mol. The van der Waals surface area contributed by atoms with E-state index in [1.807, 2.05) is 0 Å². The van der Waals surface area contributed by atoms with E-state index in [1.165, 1.54) is 19.3 Å². The normalized spacial score (nSPS) is 24.0. The Morgan fingerprint density at radius 1 is 1.03 bits per heavy atom. The molecular formula is C27H42N8O. The van der Waals surface area contributed by atoms with Crippen molar-refractivity contribution in [2.24, 2.45) is 17.6 Å². The van der Waals surface area contributed by atoms with Gasteiger partial charge >= 0.3 is 0 Å². The van der Waals surface area contributed by atoms with Gasteiger partial charge in [0, 0.05) is 31.8 Å². The van der Waals surface area contributed by atoms with E-state index in [0.29, 0.717) is 29.8 Å². The van der Waals surface area contributed by atoms with Crippen LogP contribution in [-0.2, 0) is 0 Å². The molecule has 3 fully saturated rings. The molecule has 0 atom stereocenters. The van der Waals surface area contributed by atoms with Crippen LogP contribution in [0, 0.1) is 28.6 Å². The molecule has 3 heterocycles. The lowest BCUT2D eigenvalue weighted by Gasteiger charge is -2.34. The molecule has 2 aliphatic heterocycles. The molecule has 0 bridgehead atoms. The third-order valence-corrected chi connectivity index (χ3v) is 8.33. The van der Waals surface area contributed by atoms with Gasteiger partial charge in [-0.3, -0.25) is 4.79 Å². The van der Waals surface area contributed by atoms with Crippen molar-refractivity contribution in [2.75, 3.05) is 42.9 Å². The second-order valence-corrected chi connectivity index (χ2v) is 10.8. The van der Waals surface area contributed by atoms with E-state index in [-0.39, 0.29) is 11.6 Å². The van der Waals surface area contributed by atoms with Gasteiger partial charge in [-0.2, -0.15) is 10.2 Å². The fourth-order valence-corrected chi connectivity index (χ4v) is 6.03. The van der Waals surface area contributed by atoms with E-state index in [0.717, 1.165) is 96.2 Å². The summed E-state index contributed by atoms with van der Waals surface area (Å²) in [5, 5.41) is 20.3. The molecule has 1 aromatic rings. The highest BCUT2D eigenvalue weighted by molar-refractivity contribution is 6.04. The minimum Gasteiger partial charge on any atom is -0.366 e. The van der Waals surface area contributed by atoms with Crippen molar-refractivity contribution in [1.82, 2.24) is 14.9 Å². The zero-order valence-electron chi connectivity index (χ0n) is 21.6. The van der Waals surface area contributed by atoms with Crippen LogP contribution in [0.2, 0.25) is 0 Å². The molecule has 0 spiro atoms. The van der Waals surface area contributed by atoms with Gasteiger partial charge in [-0.25, -0.2) is 4.98 Å². The molecule has 9 heteroatoms. The summed E-state index contributed by atoms with van der Waals surface area (Å²) < 4.78 is 0. The Kier molecular flexibility index (Phi) is 9.51. The van der Waals surface area contributed by atoms with Crippen molar-refractivity contribution in [3.63, 3.8) is 0 Å². The maximum absolute atomic E-state index is 12.3. The topological polar surface area (TPSA) is 135 Å². The number of nitriles is 1. The van der Waals surface area contributed by atoms with E-state index in [4.69, 9.17) is 21.4 Å². The SMILES string of the molecule is N#CCC1CCN(CCC2CCC(Nc3nc(N4CCCCCC4)nc(C=N)c3C(N)=O)CC2)CC1. The molecule has 3 aliphatic rings. The number of amides is 1. The molecule has 1 saturated carbocycles. The van der Waals surface area contributed by atoms with Crippen LogP contribution < -0.4 is 16.0 Å². The number of anilines is 2. The quantitative estimate of drug-likeness (QED) is 0.442. The lowest BCUT2D eigenvalue weighted by molar-refractivity contribution is 0.1000. The number of likely N-dealkylation sites (tertiary alicyclic amines) is 1. The van der Waals surface area contributed by atoms with Gasteiger partial charge in [-0.1, -0.05) is 12.8 Å². The Balaban J connectivity index is 1.33. The van der Waals surface area contributed by atoms with Crippen LogP contribution in [0.1, 0.15) is 93.1 Å². The van der Waals surface area contributed by atoms with Gasteiger partial charge < -0.3 is 26.3 Å². The molecule has 1 aromatic heterocycles. The van der Waals surface area contributed by atoms with Gasteiger partial charge in [0.15, 0.2) is 0 Å². The first-order valence-corrected chi connectivity index (χ1v) is 13.9. The zero-order chi connectivity index (χ0) is 25.3. The first-order valence-electron chi connectivity index (χ1n) is 13.9. The molecule has 196 valence electrons. The fraction of sp³-hybridized carbons (Fsp3) is 0.741. The van der Waals surface area contributed by atoms with E-state index in [9.17, 15) is 4.79 Å². The van der Waals surface area contributed by atoms with Crippen molar-refractivity contribution in [2.45, 2.75) is 83.1 Å². The van der Waals surface area contributed by atoms with Gasteiger partial charge in [0.1, 0.15) is 17.1 Å². The Hall–Kier alpha value is -2.73. The molecule has 0 aromatic carbocycles. The monoisotopic (exact) mass is 494 g/mol. The van der Waals surface area contributed by atoms with Crippen molar-refractivity contribution < 1.29 is 4.79 Å². The largest absolute Gasteiger partial charge is 0.366 e. The van der Waals surface area contributed by atoms with Crippen molar-refractivity contribution in [3.05, 3.63) is 11.3 Å². The number of carbonyl (C=O) groups excluding carboxylic acids is 1. The number of hydrogen-bond acceptors (Lipinski definition) is 8. The average Bonchev–Trinajstić information content (AvgIpc) is 3.18. The summed E-state index contributed by atoms with van der Waals surface area (Å²) in [4.78, 5) is 26.4. The Bertz CT molecular complexity index is 920. The van der Waals surface area contributed by atoms with E-state index in [1.54, 1.807) is 0 Å². The van der Waals surface area contributed by atoms with Crippen molar-refractivity contribution in [3.8, 4) is 6.07 Å². The van der Waals surface area contributed by atoms with E-state index in [2.05, 4.69) is 26.2 Å². The fourth-order valence-electron chi connectivity index (χ4n) is 6.03. The highest BCUT2D eigenvalue weighted by Gasteiger charge is 2.27. The molecule has 9 nitrogen and oxygen atoms in total. The number of primary amides is 1. The van der Waals surface area contributed by atoms with Gasteiger partial charge in [-0.05, 0) is 89.3 Å². The lowest BCUT2D eigenvalue weighted by atomic mass is 9.83. The van der Waals surface area contributed by atoms with Crippen LogP contribution in [0.25, 0.3) is 0 Å². The highest BCUT2D eigenvalue weighted by Crippen LogP contribution is 2.31. The summed E-state index contributed by atoms with van der Waals surface area (Å²) in [6.45, 7) is 5.20. The van der Waals surface area contributed by atoms with E-state index >= 15 is 0 Å². The number of nitrogens with two attached hydrogens (primary N) is 1. The summed E-state index contributed by atoms with van der Waals surface area (Å²) in [5.74, 6) is 1.80. The second kappa shape index (κ2) is 13.0. The van der Waals surface area contributed by atoms with Gasteiger partial charge in [0.2, 0.25) is 5.95 Å². The highest BCUT2D eigenvalue weighted by atomic mass is 16.1. The first-order chi connectivity index (χ1) is 17.6. The van der Waals surface area contributed by atoms with Crippen LogP contribution >= 0.6 is 0 Å². The number of carbonyl (C=O) groups is 1. The third kappa shape index (κ3) is 6.94. The molecule has 1 amide bonds. The first kappa shape index (κ1) is 26.3. The second-order valence-electron chi connectivity index (χ2n) is 10.8. The summed E-state index contributed by atoms with van der Waals surface area (Å²) in [6, 6.07) is 2.57. The number of rotatable bonds is 9. The molecule has 4 N–H and O–H groups in total. The van der Waals surface area contributed by atoms with Crippen LogP contribution in [0.5, 0.6) is 0 Å². The summed E-state index contributed by atoms with van der Waals surface area (Å²) in [5.41, 5.74) is 6.24. The van der Waals surface area contributed by atoms with Crippen molar-refractivity contribution in [1.29, 1.82) is 10.7 Å². The van der Waals surface area contributed by atoms with E-state index < -0.39 is 5.91 Å². The number of hydrogen-bond donors (Lipinski definition) is 3. The molecular weight excluding hydrogens is 452 g/mol. The predicted octanol–water partition coefficient (Wildman–Crippen LogP) is 3.94. The maximum atomic E-state index is 12.3. The summed E-state index contributed by atoms with van der Waals surface area (Å²) in [6.07, 6.45) is 14.4. The maximum Gasteiger partial charge on any atom is 0.254 e. The predicted molar refractivity (Wildman–Crippen MR) is 142 cm³/mol. The van der Waals surface area contributed by atoms with Crippen molar-refractivity contribution >= 4 is 23.9 Å². The number of nitrogens with zero attached hydrogens (tertiary/aromatic N) is 5. The van der Waals surface area contributed by atoms with Crippen LogP contribution in [0.15, 0.2) is 0 Å². The Morgan fingerprint density at radius 2 is 1.72 bits per heavy atom. The van der Waals surface area contributed by atoms with Crippen LogP contribution in [0.4, 0.5) is 11.8 Å². The molecule has 2 saturated heterocycles. The van der Waals surface area contributed by atoms with Gasteiger partial charge in [0.25, 0.3) is 5.91 Å². The van der Waals surface area contributed by atoms with Gasteiger partial charge in [-0.15, -0.1) is 0 Å². The van der Waals surface area contributed by atoms with Crippen LogP contribution in [0.3, 0.4) is 0 Å². The minimum atomic E-state index is -0.592. The molecule has 0 radical (unpaired) electrons. The zero-order valence-corrected chi connectivity index (χ0v) is 21.6. The van der Waals surface area contributed by atoms with Crippen LogP contribution in [-0.4, -0.2) is 65.8 Å². The standard InChI is InChI=1S/C27H42N8O/c28-13-9-21-11-17-34(18-12-21)16-10-20-5-7-22(8-6-20)31-26-24(25(30)36)23(19-29)32-27(33-26)35-14-3-1-2-4-15-35/h19-22,29H,1-12,14-18H2,(H2,30,36)(H,31,32,33). The Labute approximate surface area is 215 Å². The Morgan fingerprint density at radius 3 is 2.33 bits per heavy atom. The molecule has 1 aliphatic carbocycles. The molecule has 36 heavy (non-hydrogen) atoms. The lowest BCUT2D eigenvalue weighted by Crippen LogP contribution is -2.36. The minimum absolute atomic E-state index is 0.227. The molecule has 4 rings (SSSR count). The number of piperidine rings is 1. The number of nitrogens with one attached hydrogen (secondary N) is 2. The number of aromatic nitrogens is 2. The summed E-state index contributed by atoms with van der Waals surface area (Å²) >= 11 is 0. The third-order valence-electron chi connectivity index (χ3n) is 8.33. The molecule has 0 unspecified atom stereocenters.